The van der Waals surface area contributed by atoms with E-state index in [1.165, 1.54) is 35.5 Å². The van der Waals surface area contributed by atoms with E-state index < -0.39 is 35.4 Å². The van der Waals surface area contributed by atoms with Gasteiger partial charge in [0, 0.05) is 18.9 Å². The quantitative estimate of drug-likeness (QED) is 0.535. The van der Waals surface area contributed by atoms with E-state index in [1.807, 2.05) is 0 Å². The van der Waals surface area contributed by atoms with E-state index in [2.05, 4.69) is 4.98 Å². The van der Waals surface area contributed by atoms with Crippen LogP contribution >= 0.6 is 0 Å². The van der Waals surface area contributed by atoms with Crippen molar-refractivity contribution in [2.24, 2.45) is 5.41 Å². The molecule has 0 spiro atoms. The Hall–Kier alpha value is -3.03. The third kappa shape index (κ3) is 3.43. The highest BCUT2D eigenvalue weighted by molar-refractivity contribution is 6.01. The van der Waals surface area contributed by atoms with Crippen molar-refractivity contribution in [1.29, 1.82) is 0 Å². The second-order valence-electron chi connectivity index (χ2n) is 6.68. The number of cyclic esters (lactones) is 2. The number of carbonyl (C=O) groups excluding carboxylic acids is 2. The SMILES string of the molecule is CCN(c1ccc(F)c(-c2ccncc2)c1F)C1OC(=O)C(CC)(CC)C(=O)O1. The Labute approximate surface area is 167 Å². The lowest BCUT2D eigenvalue weighted by molar-refractivity contribution is -0.224. The molecule has 1 aromatic carbocycles. The molecule has 2 aromatic rings. The number of anilines is 1. The molecule has 1 aliphatic heterocycles. The van der Waals surface area contributed by atoms with E-state index >= 15 is 4.39 Å². The van der Waals surface area contributed by atoms with Crippen molar-refractivity contribution in [3.05, 3.63) is 48.3 Å². The first-order chi connectivity index (χ1) is 13.9. The van der Waals surface area contributed by atoms with Gasteiger partial charge in [-0.3, -0.25) is 14.6 Å². The molecular formula is C21H22F2N2O4. The highest BCUT2D eigenvalue weighted by Gasteiger charge is 2.52. The summed E-state index contributed by atoms with van der Waals surface area (Å²) >= 11 is 0. The molecule has 0 saturated carbocycles. The fourth-order valence-electron chi connectivity index (χ4n) is 3.45. The topological polar surface area (TPSA) is 68.7 Å². The number of nitrogens with zero attached hydrogens (tertiary/aromatic N) is 2. The minimum atomic E-state index is -1.43. The molecule has 1 saturated heterocycles. The zero-order chi connectivity index (χ0) is 21.2. The molecule has 6 nitrogen and oxygen atoms in total. The van der Waals surface area contributed by atoms with Crippen molar-refractivity contribution in [2.75, 3.05) is 11.4 Å². The third-order valence-corrected chi connectivity index (χ3v) is 5.35. The van der Waals surface area contributed by atoms with E-state index in [0.717, 1.165) is 6.07 Å². The largest absolute Gasteiger partial charge is 0.405 e. The van der Waals surface area contributed by atoms with Gasteiger partial charge in [0.15, 0.2) is 11.2 Å². The minimum absolute atomic E-state index is 0.0493. The van der Waals surface area contributed by atoms with Gasteiger partial charge in [0.1, 0.15) is 5.82 Å². The van der Waals surface area contributed by atoms with Crippen LogP contribution in [0.1, 0.15) is 33.6 Å². The molecule has 1 aromatic heterocycles. The van der Waals surface area contributed by atoms with Gasteiger partial charge in [-0.05, 0) is 49.6 Å². The Morgan fingerprint density at radius 2 is 1.59 bits per heavy atom. The van der Waals surface area contributed by atoms with Crippen LogP contribution in [-0.2, 0) is 19.1 Å². The maximum absolute atomic E-state index is 15.3. The lowest BCUT2D eigenvalue weighted by Gasteiger charge is -2.40. The Balaban J connectivity index is 2.00. The summed E-state index contributed by atoms with van der Waals surface area (Å²) in [6.45, 7) is 5.22. The van der Waals surface area contributed by atoms with Crippen LogP contribution in [0.15, 0.2) is 36.7 Å². The van der Waals surface area contributed by atoms with Gasteiger partial charge in [-0.1, -0.05) is 13.8 Å². The van der Waals surface area contributed by atoms with Gasteiger partial charge in [-0.15, -0.1) is 0 Å². The van der Waals surface area contributed by atoms with Crippen LogP contribution in [0.2, 0.25) is 0 Å². The normalized spacial score (nSPS) is 16.3. The summed E-state index contributed by atoms with van der Waals surface area (Å²) in [6.07, 6.45) is 1.89. The average Bonchev–Trinajstić information content (AvgIpc) is 2.72. The van der Waals surface area contributed by atoms with Crippen molar-refractivity contribution >= 4 is 17.6 Å². The van der Waals surface area contributed by atoms with Gasteiger partial charge < -0.3 is 14.4 Å². The maximum atomic E-state index is 15.3. The molecular weight excluding hydrogens is 382 g/mol. The first-order valence-corrected chi connectivity index (χ1v) is 9.46. The fourth-order valence-corrected chi connectivity index (χ4v) is 3.45. The summed E-state index contributed by atoms with van der Waals surface area (Å²) in [4.78, 5) is 30.3. The van der Waals surface area contributed by atoms with Crippen LogP contribution < -0.4 is 4.90 Å². The third-order valence-electron chi connectivity index (χ3n) is 5.35. The van der Waals surface area contributed by atoms with Crippen molar-refractivity contribution in [3.63, 3.8) is 0 Å². The molecule has 0 radical (unpaired) electrons. The van der Waals surface area contributed by atoms with Crippen molar-refractivity contribution in [1.82, 2.24) is 4.98 Å². The summed E-state index contributed by atoms with van der Waals surface area (Å²) in [5, 5.41) is 0. The lowest BCUT2D eigenvalue weighted by atomic mass is 9.82. The van der Waals surface area contributed by atoms with E-state index in [4.69, 9.17) is 9.47 Å². The number of carbonyl (C=O) groups is 2. The Morgan fingerprint density at radius 3 is 2.10 bits per heavy atom. The zero-order valence-electron chi connectivity index (χ0n) is 16.4. The lowest BCUT2D eigenvalue weighted by Crippen LogP contribution is -2.55. The van der Waals surface area contributed by atoms with E-state index in [-0.39, 0.29) is 30.6 Å². The second kappa shape index (κ2) is 8.14. The molecule has 154 valence electrons. The number of aromatic nitrogens is 1. The number of halogens is 2. The van der Waals surface area contributed by atoms with Crippen molar-refractivity contribution in [2.45, 2.75) is 40.0 Å². The number of benzene rings is 1. The molecule has 8 heteroatoms. The van der Waals surface area contributed by atoms with E-state index in [1.54, 1.807) is 20.8 Å². The number of hydrogen-bond donors (Lipinski definition) is 0. The highest BCUT2D eigenvalue weighted by atomic mass is 19.1. The first-order valence-electron chi connectivity index (χ1n) is 9.46. The molecule has 0 aliphatic carbocycles. The molecule has 1 fully saturated rings. The predicted octanol–water partition coefficient (Wildman–Crippen LogP) is 4.04. The van der Waals surface area contributed by atoms with Gasteiger partial charge >= 0.3 is 18.4 Å². The van der Waals surface area contributed by atoms with Crippen LogP contribution in [-0.4, -0.2) is 29.9 Å². The number of hydrogen-bond acceptors (Lipinski definition) is 6. The van der Waals surface area contributed by atoms with Gasteiger partial charge in [0.25, 0.3) is 0 Å². The van der Waals surface area contributed by atoms with Crippen molar-refractivity contribution < 1.29 is 27.8 Å². The first kappa shape index (κ1) is 20.7. The van der Waals surface area contributed by atoms with Gasteiger partial charge in [-0.2, -0.15) is 0 Å². The summed E-state index contributed by atoms with van der Waals surface area (Å²) in [7, 11) is 0. The monoisotopic (exact) mass is 404 g/mol. The fraction of sp³-hybridized carbons (Fsp3) is 0.381. The van der Waals surface area contributed by atoms with Crippen LogP contribution in [0.3, 0.4) is 0 Å². The highest BCUT2D eigenvalue weighted by Crippen LogP contribution is 2.38. The molecule has 0 bridgehead atoms. The average molecular weight is 404 g/mol. The Morgan fingerprint density at radius 1 is 1.00 bits per heavy atom. The molecule has 0 unspecified atom stereocenters. The number of ether oxygens (including phenoxy) is 2. The molecule has 2 heterocycles. The molecule has 29 heavy (non-hydrogen) atoms. The summed E-state index contributed by atoms with van der Waals surface area (Å²) in [5.41, 5.74) is -1.35. The van der Waals surface area contributed by atoms with E-state index in [0.29, 0.717) is 5.56 Å². The van der Waals surface area contributed by atoms with Gasteiger partial charge in [-0.25, -0.2) is 8.78 Å². The molecule has 0 N–H and O–H groups in total. The maximum Gasteiger partial charge on any atom is 0.332 e. The summed E-state index contributed by atoms with van der Waals surface area (Å²) in [5.74, 6) is -3.02. The molecule has 0 atom stereocenters. The van der Waals surface area contributed by atoms with Crippen LogP contribution in [0, 0.1) is 17.0 Å². The van der Waals surface area contributed by atoms with Crippen LogP contribution in [0.4, 0.5) is 14.5 Å². The van der Waals surface area contributed by atoms with Gasteiger partial charge in [0.2, 0.25) is 0 Å². The molecule has 3 rings (SSSR count). The van der Waals surface area contributed by atoms with Crippen LogP contribution in [0.5, 0.6) is 0 Å². The zero-order valence-corrected chi connectivity index (χ0v) is 16.4. The predicted molar refractivity (Wildman–Crippen MR) is 102 cm³/mol. The summed E-state index contributed by atoms with van der Waals surface area (Å²) < 4.78 is 40.4. The second-order valence-corrected chi connectivity index (χ2v) is 6.68. The number of esters is 2. The smallest absolute Gasteiger partial charge is 0.332 e. The number of rotatable bonds is 6. The van der Waals surface area contributed by atoms with Crippen LogP contribution in [0.25, 0.3) is 11.1 Å². The summed E-state index contributed by atoms with van der Waals surface area (Å²) in [6, 6.07) is 5.31. The molecule has 0 amide bonds. The Bertz CT molecular complexity index is 896. The standard InChI is InChI=1S/C21H22F2N2O4/c1-4-21(5-2)18(26)28-20(29-19(21)27)25(6-3)15-8-7-14(22)16(17(15)23)13-9-11-24-12-10-13/h7-12,20H,4-6H2,1-3H3. The van der Waals surface area contributed by atoms with Gasteiger partial charge in [0.05, 0.1) is 11.3 Å². The minimum Gasteiger partial charge on any atom is -0.405 e. The molecule has 1 aliphatic rings. The Kier molecular flexibility index (Phi) is 5.81. The van der Waals surface area contributed by atoms with Crippen molar-refractivity contribution in [3.8, 4) is 11.1 Å². The number of pyridine rings is 1. The van der Waals surface area contributed by atoms with E-state index in [9.17, 15) is 14.0 Å².